The summed E-state index contributed by atoms with van der Waals surface area (Å²) in [4.78, 5) is 0. The Kier molecular flexibility index (Phi) is 22.4. The first kappa shape index (κ1) is 44.6. The third-order valence-corrected chi connectivity index (χ3v) is 8.83. The Labute approximate surface area is 308 Å². The third-order valence-electron chi connectivity index (χ3n) is 8.48. The Morgan fingerprint density at radius 1 is 0.696 bits per heavy atom. The van der Waals surface area contributed by atoms with Gasteiger partial charge in [0.2, 0.25) is 0 Å². The summed E-state index contributed by atoms with van der Waals surface area (Å²) in [5, 5.41) is 7.33. The predicted molar refractivity (Wildman–Crippen MR) is 213 cm³/mol. The van der Waals surface area contributed by atoms with Gasteiger partial charge in [-0.15, -0.1) is 62.1 Å². The first-order valence-electron chi connectivity index (χ1n) is 17.9. The van der Waals surface area contributed by atoms with E-state index in [1.165, 1.54) is 74.2 Å². The van der Waals surface area contributed by atoms with E-state index in [1.54, 1.807) is 5.17 Å². The van der Waals surface area contributed by atoms with E-state index in [0.29, 0.717) is 23.7 Å². The number of unbranched alkanes of at least 4 members (excludes halogenated alkanes) is 2. The summed E-state index contributed by atoms with van der Waals surface area (Å²) in [6, 6.07) is 19.0. The van der Waals surface area contributed by atoms with Crippen LogP contribution in [0, 0.1) is 13.3 Å². The van der Waals surface area contributed by atoms with Gasteiger partial charge in [-0.05, 0) is 53.3 Å². The second-order valence-electron chi connectivity index (χ2n) is 14.0. The van der Waals surface area contributed by atoms with Gasteiger partial charge >= 0.3 is 26.2 Å². The molecule has 46 heavy (non-hydrogen) atoms. The summed E-state index contributed by atoms with van der Waals surface area (Å²) in [5.41, 5.74) is 8.87. The van der Waals surface area contributed by atoms with E-state index in [9.17, 15) is 0 Å². The molecule has 0 aliphatic heterocycles. The van der Waals surface area contributed by atoms with Gasteiger partial charge in [-0.25, -0.2) is 0 Å². The molecule has 0 amide bonds. The van der Waals surface area contributed by atoms with Crippen LogP contribution in [0.2, 0.25) is 0 Å². The molecule has 4 aromatic carbocycles. The number of rotatable bonds is 10. The molecule has 0 N–H and O–H groups in total. The molecule has 0 fully saturated rings. The molecule has 0 aliphatic rings. The van der Waals surface area contributed by atoms with Gasteiger partial charge in [-0.2, -0.15) is 31.9 Å². The molecule has 0 unspecified atom stereocenters. The fraction of sp³-hybridized carbons (Fsp3) is 0.523. The summed E-state index contributed by atoms with van der Waals surface area (Å²) in [6.45, 7) is 32.7. The van der Waals surface area contributed by atoms with E-state index in [2.05, 4.69) is 152 Å². The van der Waals surface area contributed by atoms with Gasteiger partial charge in [0.25, 0.3) is 0 Å². The Hall–Kier alpha value is -1.37. The minimum Gasteiger partial charge on any atom is -0.343 e. The van der Waals surface area contributed by atoms with Crippen LogP contribution in [0.5, 0.6) is 0 Å². The fourth-order valence-corrected chi connectivity index (χ4v) is 5.50. The molecule has 4 rings (SSSR count). The van der Waals surface area contributed by atoms with Crippen molar-refractivity contribution in [3.63, 3.8) is 0 Å². The maximum absolute atomic E-state index is 3.60. The second-order valence-corrected chi connectivity index (χ2v) is 15.2. The number of hydrogen-bond donors (Lipinski definition) is 0. The molecule has 0 radical (unpaired) electrons. The van der Waals surface area contributed by atoms with E-state index in [4.69, 9.17) is 0 Å². The van der Waals surface area contributed by atoms with E-state index in [0.717, 1.165) is 19.3 Å². The van der Waals surface area contributed by atoms with Crippen molar-refractivity contribution in [1.82, 2.24) is 0 Å². The monoisotopic (exact) mass is 714 g/mol. The molecule has 0 heterocycles. The summed E-state index contributed by atoms with van der Waals surface area (Å²) >= 11 is 0. The van der Waals surface area contributed by atoms with Crippen molar-refractivity contribution < 1.29 is 26.2 Å². The van der Waals surface area contributed by atoms with Gasteiger partial charge in [0.05, 0.1) is 0 Å². The third kappa shape index (κ3) is 14.4. The standard InChI is InChI=1S/2C17H23.C6H13Si.C4H9.Zr/c2*1-6-13-7-15-9-14(11(2)3)10-16(12(4)5)17(15)8-13;1-3-4-5-6(2)7;1-3-4-2;/h2*7-12H,6H2,1-5H3;3H,4-5,7H2,1-2H3;1,3-4H2,2H3;/q4*-1;+4. The summed E-state index contributed by atoms with van der Waals surface area (Å²) in [5.74, 6) is 2.42. The van der Waals surface area contributed by atoms with Crippen molar-refractivity contribution in [2.45, 2.75) is 152 Å². The SMILES string of the molecule is CCc1cc2c(C(C)C)cc(C(C)C)cc2[cH-]1.CCc1cc2c(C(C)C)cc(C(C)C)cc2[cH-]1.C[CH-]CCC(C)=[SiH2].[CH2-]CCC.[Zr+4]. The van der Waals surface area contributed by atoms with Crippen LogP contribution in [0.15, 0.2) is 48.5 Å². The molecule has 0 saturated carbocycles. The molecular formula is C44H68SiZr. The first-order valence-corrected chi connectivity index (χ1v) is 18.6. The Bertz CT molecular complexity index is 1310. The van der Waals surface area contributed by atoms with Crippen molar-refractivity contribution in [3.8, 4) is 0 Å². The van der Waals surface area contributed by atoms with Gasteiger partial charge in [-0.1, -0.05) is 123 Å². The smallest absolute Gasteiger partial charge is 0.343 e. The Balaban J connectivity index is 0.000000660. The van der Waals surface area contributed by atoms with Crippen LogP contribution >= 0.6 is 0 Å². The van der Waals surface area contributed by atoms with E-state index >= 15 is 0 Å². The maximum Gasteiger partial charge on any atom is 4.00 e. The minimum atomic E-state index is 0. The molecule has 0 spiro atoms. The average Bonchev–Trinajstić information content (AvgIpc) is 3.63. The van der Waals surface area contributed by atoms with Crippen LogP contribution in [-0.2, 0) is 39.0 Å². The molecule has 252 valence electrons. The zero-order valence-electron chi connectivity index (χ0n) is 32.2. The molecule has 0 nitrogen and oxygen atoms in total. The second kappa shape index (κ2) is 23.1. The molecule has 0 atom stereocenters. The van der Waals surface area contributed by atoms with Crippen molar-refractivity contribution in [3.05, 3.63) is 95.3 Å². The van der Waals surface area contributed by atoms with Crippen molar-refractivity contribution >= 4 is 36.6 Å². The summed E-state index contributed by atoms with van der Waals surface area (Å²) in [6.07, 6.45) is 9.26. The van der Waals surface area contributed by atoms with Gasteiger partial charge < -0.3 is 13.3 Å². The average molecular weight is 716 g/mol. The molecule has 0 aromatic heterocycles. The number of aryl methyl sites for hydroxylation is 2. The van der Waals surface area contributed by atoms with Crippen molar-refractivity contribution in [2.24, 2.45) is 0 Å². The van der Waals surface area contributed by atoms with E-state index in [1.807, 2.05) is 9.85 Å². The summed E-state index contributed by atoms with van der Waals surface area (Å²) < 4.78 is 0. The zero-order valence-corrected chi connectivity index (χ0v) is 36.0. The van der Waals surface area contributed by atoms with E-state index < -0.39 is 0 Å². The van der Waals surface area contributed by atoms with Gasteiger partial charge in [0.1, 0.15) is 0 Å². The van der Waals surface area contributed by atoms with E-state index in [-0.39, 0.29) is 26.2 Å². The molecule has 2 heteroatoms. The Morgan fingerprint density at radius 3 is 1.28 bits per heavy atom. The van der Waals surface area contributed by atoms with Crippen molar-refractivity contribution in [1.29, 1.82) is 0 Å². The van der Waals surface area contributed by atoms with Crippen LogP contribution in [0.3, 0.4) is 0 Å². The van der Waals surface area contributed by atoms with Crippen LogP contribution in [-0.4, -0.2) is 15.0 Å². The topological polar surface area (TPSA) is 0 Å². The van der Waals surface area contributed by atoms with Crippen LogP contribution in [0.1, 0.15) is 173 Å². The first-order chi connectivity index (χ1) is 21.2. The predicted octanol–water partition coefficient (Wildman–Crippen LogP) is 13.2. The number of benzene rings is 2. The van der Waals surface area contributed by atoms with Gasteiger partial charge in [0.15, 0.2) is 0 Å². The minimum absolute atomic E-state index is 0. The van der Waals surface area contributed by atoms with Crippen LogP contribution in [0.25, 0.3) is 21.5 Å². The fourth-order valence-electron chi connectivity index (χ4n) is 5.29. The van der Waals surface area contributed by atoms with Crippen molar-refractivity contribution in [2.75, 3.05) is 0 Å². The molecular weight excluding hydrogens is 648 g/mol. The number of fused-ring (bicyclic) bond motifs is 2. The van der Waals surface area contributed by atoms with Crippen LogP contribution in [0.4, 0.5) is 0 Å². The summed E-state index contributed by atoms with van der Waals surface area (Å²) in [7, 11) is 1.99. The zero-order chi connectivity index (χ0) is 34.3. The molecule has 0 saturated heterocycles. The van der Waals surface area contributed by atoms with Gasteiger partial charge in [-0.3, -0.25) is 0 Å². The molecule has 0 aliphatic carbocycles. The van der Waals surface area contributed by atoms with Gasteiger partial charge in [0, 0.05) is 0 Å². The quantitative estimate of drug-likeness (QED) is 0.113. The normalized spacial score (nSPS) is 10.8. The van der Waals surface area contributed by atoms with Crippen LogP contribution < -0.4 is 0 Å². The number of hydrogen-bond acceptors (Lipinski definition) is 0. The largest absolute Gasteiger partial charge is 4.00 e. The molecule has 4 aromatic rings. The Morgan fingerprint density at radius 2 is 1.07 bits per heavy atom. The maximum atomic E-state index is 3.60. The molecule has 0 bridgehead atoms.